The van der Waals surface area contributed by atoms with Gasteiger partial charge in [-0.05, 0) is 25.2 Å². The smallest absolute Gasteiger partial charge is 0.204 e. The number of rotatable bonds is 7. The van der Waals surface area contributed by atoms with Gasteiger partial charge >= 0.3 is 0 Å². The van der Waals surface area contributed by atoms with Gasteiger partial charge in [0.15, 0.2) is 6.19 Å². The Morgan fingerprint density at radius 2 is 2.14 bits per heavy atom. The monoisotopic (exact) mass is 305 g/mol. The lowest BCUT2D eigenvalue weighted by Crippen LogP contribution is -2.31. The molecule has 21 heavy (non-hydrogen) atoms. The van der Waals surface area contributed by atoms with E-state index >= 15 is 0 Å². The van der Waals surface area contributed by atoms with Crippen LogP contribution in [-0.4, -0.2) is 44.3 Å². The van der Waals surface area contributed by atoms with Crippen molar-refractivity contribution in [3.8, 4) is 6.19 Å². The van der Waals surface area contributed by atoms with Crippen LogP contribution in [0.2, 0.25) is 0 Å². The summed E-state index contributed by atoms with van der Waals surface area (Å²) in [5, 5.41) is 13.9. The van der Waals surface area contributed by atoms with Crippen molar-refractivity contribution >= 4 is 17.7 Å². The van der Waals surface area contributed by atoms with Crippen molar-refractivity contribution in [3.63, 3.8) is 0 Å². The summed E-state index contributed by atoms with van der Waals surface area (Å²) in [4.78, 5) is 6.43. The number of nitrogens with zero attached hydrogens (tertiary/aromatic N) is 3. The van der Waals surface area contributed by atoms with E-state index in [0.29, 0.717) is 12.5 Å². The average molecular weight is 305 g/mol. The summed E-state index contributed by atoms with van der Waals surface area (Å²) in [5.41, 5.74) is 2.68. The van der Waals surface area contributed by atoms with E-state index in [1.165, 1.54) is 11.1 Å². The van der Waals surface area contributed by atoms with Crippen LogP contribution in [0.5, 0.6) is 0 Å². The Labute approximate surface area is 131 Å². The first-order valence-electron chi connectivity index (χ1n) is 6.83. The van der Waals surface area contributed by atoms with Gasteiger partial charge in [-0.3, -0.25) is 10.3 Å². The fourth-order valence-electron chi connectivity index (χ4n) is 1.83. The number of guanidine groups is 1. The van der Waals surface area contributed by atoms with E-state index < -0.39 is 0 Å². The number of nitrogens with one attached hydrogen (secondary N) is 2. The highest BCUT2D eigenvalue weighted by atomic mass is 32.2. The summed E-state index contributed by atoms with van der Waals surface area (Å²) in [7, 11) is 5.90. The third-order valence-corrected chi connectivity index (χ3v) is 3.68. The molecule has 0 radical (unpaired) electrons. The molecule has 5 nitrogen and oxygen atoms in total. The van der Waals surface area contributed by atoms with Crippen molar-refractivity contribution < 1.29 is 0 Å². The highest BCUT2D eigenvalue weighted by Gasteiger charge is 1.99. The van der Waals surface area contributed by atoms with E-state index in [1.807, 2.05) is 18.0 Å². The predicted molar refractivity (Wildman–Crippen MR) is 90.1 cm³/mol. The second-order valence-electron chi connectivity index (χ2n) is 4.83. The normalized spacial score (nSPS) is 11.3. The topological polar surface area (TPSA) is 63.5 Å². The van der Waals surface area contributed by atoms with Crippen LogP contribution in [0.4, 0.5) is 0 Å². The van der Waals surface area contributed by atoms with Crippen molar-refractivity contribution in [3.05, 3.63) is 35.4 Å². The molecular formula is C15H23N5S. The van der Waals surface area contributed by atoms with Crippen molar-refractivity contribution in [1.29, 1.82) is 5.26 Å². The van der Waals surface area contributed by atoms with Crippen molar-refractivity contribution in [2.45, 2.75) is 12.3 Å². The zero-order chi connectivity index (χ0) is 15.5. The van der Waals surface area contributed by atoms with Crippen LogP contribution in [0.3, 0.4) is 0 Å². The van der Waals surface area contributed by atoms with Gasteiger partial charge in [0.05, 0.1) is 6.54 Å². The zero-order valence-corrected chi connectivity index (χ0v) is 13.7. The van der Waals surface area contributed by atoms with Crippen LogP contribution in [0.1, 0.15) is 11.1 Å². The van der Waals surface area contributed by atoms with Gasteiger partial charge in [-0.25, -0.2) is 0 Å². The maximum Gasteiger partial charge on any atom is 0.204 e. The molecule has 0 atom stereocenters. The minimum atomic E-state index is 0.520. The molecule has 0 aliphatic carbocycles. The van der Waals surface area contributed by atoms with E-state index in [4.69, 9.17) is 5.26 Å². The SMILES string of the molecule is CN/C(=N/CCSCc1cccc(CN(C)C)c1)NC#N. The fraction of sp³-hybridized carbons (Fsp3) is 0.467. The Morgan fingerprint density at radius 3 is 2.81 bits per heavy atom. The van der Waals surface area contributed by atoms with Gasteiger partial charge in [0.25, 0.3) is 0 Å². The van der Waals surface area contributed by atoms with Crippen LogP contribution in [0.15, 0.2) is 29.3 Å². The Balaban J connectivity index is 2.34. The molecular weight excluding hydrogens is 282 g/mol. The van der Waals surface area contributed by atoms with E-state index in [2.05, 4.69) is 58.9 Å². The summed E-state index contributed by atoms with van der Waals surface area (Å²) < 4.78 is 0. The molecule has 0 heterocycles. The van der Waals surface area contributed by atoms with E-state index in [9.17, 15) is 0 Å². The summed E-state index contributed by atoms with van der Waals surface area (Å²) in [5.74, 6) is 2.43. The molecule has 0 aromatic heterocycles. The number of aliphatic imine (C=N–C) groups is 1. The largest absolute Gasteiger partial charge is 0.359 e. The zero-order valence-electron chi connectivity index (χ0n) is 12.9. The van der Waals surface area contributed by atoms with Gasteiger partial charge in [-0.15, -0.1) is 0 Å². The van der Waals surface area contributed by atoms with Gasteiger partial charge in [-0.2, -0.15) is 17.0 Å². The fourth-order valence-corrected chi connectivity index (χ4v) is 2.61. The number of hydrogen-bond acceptors (Lipinski definition) is 4. The highest BCUT2D eigenvalue weighted by Crippen LogP contribution is 2.14. The highest BCUT2D eigenvalue weighted by molar-refractivity contribution is 7.98. The van der Waals surface area contributed by atoms with Crippen molar-refractivity contribution in [2.24, 2.45) is 4.99 Å². The van der Waals surface area contributed by atoms with E-state index in [1.54, 1.807) is 7.05 Å². The molecule has 6 heteroatoms. The molecule has 2 N–H and O–H groups in total. The summed E-state index contributed by atoms with van der Waals surface area (Å²) in [6.45, 7) is 1.65. The van der Waals surface area contributed by atoms with Crippen LogP contribution >= 0.6 is 11.8 Å². The van der Waals surface area contributed by atoms with Gasteiger partial charge in [0.2, 0.25) is 5.96 Å². The minimum Gasteiger partial charge on any atom is -0.359 e. The Hall–Kier alpha value is -1.71. The number of hydrogen-bond donors (Lipinski definition) is 2. The predicted octanol–water partition coefficient (Wildman–Crippen LogP) is 1.63. The first-order chi connectivity index (χ1) is 10.2. The van der Waals surface area contributed by atoms with E-state index in [0.717, 1.165) is 18.1 Å². The van der Waals surface area contributed by atoms with Gasteiger partial charge in [0, 0.05) is 25.1 Å². The molecule has 0 spiro atoms. The van der Waals surface area contributed by atoms with Crippen LogP contribution in [-0.2, 0) is 12.3 Å². The molecule has 0 fully saturated rings. The lowest BCUT2D eigenvalue weighted by molar-refractivity contribution is 0.402. The maximum absolute atomic E-state index is 8.52. The Kier molecular flexibility index (Phi) is 8.32. The Morgan fingerprint density at radius 1 is 1.38 bits per heavy atom. The lowest BCUT2D eigenvalue weighted by atomic mass is 10.1. The first kappa shape index (κ1) is 17.3. The lowest BCUT2D eigenvalue weighted by Gasteiger charge is -2.10. The molecule has 1 aromatic rings. The molecule has 0 aliphatic heterocycles. The number of benzene rings is 1. The Bertz CT molecular complexity index is 493. The number of nitriles is 1. The third kappa shape index (κ3) is 7.59. The van der Waals surface area contributed by atoms with Crippen molar-refractivity contribution in [1.82, 2.24) is 15.5 Å². The second kappa shape index (κ2) is 10.1. The van der Waals surface area contributed by atoms with Gasteiger partial charge in [0.1, 0.15) is 0 Å². The molecule has 0 bridgehead atoms. The molecule has 0 unspecified atom stereocenters. The maximum atomic E-state index is 8.52. The van der Waals surface area contributed by atoms with Gasteiger partial charge in [-0.1, -0.05) is 24.3 Å². The second-order valence-corrected chi connectivity index (χ2v) is 5.93. The molecule has 0 saturated heterocycles. The number of thioether (sulfide) groups is 1. The molecule has 0 saturated carbocycles. The molecule has 0 amide bonds. The van der Waals surface area contributed by atoms with Crippen LogP contribution < -0.4 is 10.6 Å². The van der Waals surface area contributed by atoms with Crippen molar-refractivity contribution in [2.75, 3.05) is 33.4 Å². The summed E-state index contributed by atoms with van der Waals surface area (Å²) in [6.07, 6.45) is 1.85. The average Bonchev–Trinajstić information content (AvgIpc) is 2.45. The molecule has 1 rings (SSSR count). The third-order valence-electron chi connectivity index (χ3n) is 2.68. The summed E-state index contributed by atoms with van der Waals surface area (Å²) in [6, 6.07) is 8.69. The standard InChI is InChI=1S/C15H23N5S/c1-17-15(19-12-16)18-7-8-21-11-14-6-4-5-13(9-14)10-20(2)3/h4-6,9H,7-8,10-11H2,1-3H3,(H2,17,18,19). The minimum absolute atomic E-state index is 0.520. The molecule has 0 aliphatic rings. The van der Waals surface area contributed by atoms with Crippen LogP contribution in [0, 0.1) is 11.5 Å². The molecule has 114 valence electrons. The molecule has 1 aromatic carbocycles. The van der Waals surface area contributed by atoms with Crippen LogP contribution in [0.25, 0.3) is 0 Å². The van der Waals surface area contributed by atoms with Gasteiger partial charge < -0.3 is 10.2 Å². The van der Waals surface area contributed by atoms with E-state index in [-0.39, 0.29) is 0 Å². The quantitative estimate of drug-likeness (QED) is 0.263. The summed E-state index contributed by atoms with van der Waals surface area (Å²) >= 11 is 1.85. The first-order valence-corrected chi connectivity index (χ1v) is 7.98.